The minimum absolute atomic E-state index is 0.0517. The molecule has 2 fully saturated rings. The number of piperidine rings is 1. The number of fused-ring (bicyclic) bond motifs is 1. The van der Waals surface area contributed by atoms with Crippen molar-refractivity contribution in [3.05, 3.63) is 65.2 Å². The average molecular weight is 363 g/mol. The lowest BCUT2D eigenvalue weighted by Crippen LogP contribution is -2.40. The molecule has 0 bridgehead atoms. The van der Waals surface area contributed by atoms with Gasteiger partial charge in [0.05, 0.1) is 0 Å². The maximum absolute atomic E-state index is 12.9. The molecule has 2 heterocycles. The third-order valence-electron chi connectivity index (χ3n) is 5.60. The number of carbonyl (C=O) groups is 2. The molecule has 0 aliphatic carbocycles. The normalized spacial score (nSPS) is 21.5. The van der Waals surface area contributed by atoms with Gasteiger partial charge < -0.3 is 15.5 Å². The van der Waals surface area contributed by atoms with Crippen LogP contribution in [0.2, 0.25) is 0 Å². The molecule has 5 heteroatoms. The number of nitrogens with zero attached hydrogens (tertiary/aromatic N) is 1. The van der Waals surface area contributed by atoms with Crippen LogP contribution in [0, 0.1) is 18.8 Å². The van der Waals surface area contributed by atoms with Crippen molar-refractivity contribution in [2.75, 3.05) is 25.0 Å². The fourth-order valence-corrected chi connectivity index (χ4v) is 3.98. The molecule has 2 atom stereocenters. The Labute approximate surface area is 159 Å². The van der Waals surface area contributed by atoms with Gasteiger partial charge >= 0.3 is 0 Å². The van der Waals surface area contributed by atoms with Gasteiger partial charge in [0.15, 0.2) is 0 Å². The summed E-state index contributed by atoms with van der Waals surface area (Å²) in [6, 6.07) is 16.1. The van der Waals surface area contributed by atoms with Crippen LogP contribution in [0.25, 0.3) is 0 Å². The molecule has 0 saturated carbocycles. The summed E-state index contributed by atoms with van der Waals surface area (Å²) in [4.78, 5) is 26.4. The van der Waals surface area contributed by atoms with Gasteiger partial charge in [-0.1, -0.05) is 35.9 Å². The first-order valence-corrected chi connectivity index (χ1v) is 9.54. The Morgan fingerprint density at radius 1 is 1.15 bits per heavy atom. The average Bonchev–Trinajstić information content (AvgIpc) is 3.10. The fourth-order valence-electron chi connectivity index (χ4n) is 3.98. The highest BCUT2D eigenvalue weighted by Crippen LogP contribution is 2.29. The minimum atomic E-state index is 0.0517. The van der Waals surface area contributed by atoms with Crippen LogP contribution in [0.1, 0.15) is 27.9 Å². The van der Waals surface area contributed by atoms with Crippen LogP contribution in [-0.4, -0.2) is 36.3 Å². The molecule has 5 nitrogen and oxygen atoms in total. The number of carbonyl (C=O) groups excluding carboxylic acids is 2. The second kappa shape index (κ2) is 7.43. The largest absolute Gasteiger partial charge is 0.381 e. The van der Waals surface area contributed by atoms with E-state index >= 15 is 0 Å². The zero-order chi connectivity index (χ0) is 18.8. The number of benzene rings is 2. The number of amides is 2. The topological polar surface area (TPSA) is 61.4 Å². The molecule has 2 aromatic carbocycles. The van der Waals surface area contributed by atoms with Gasteiger partial charge in [-0.05, 0) is 42.5 Å². The Hall–Kier alpha value is -2.82. The summed E-state index contributed by atoms with van der Waals surface area (Å²) in [6.07, 6.45) is 0.534. The highest BCUT2D eigenvalue weighted by molar-refractivity contribution is 5.95. The Balaban J connectivity index is 1.40. The summed E-state index contributed by atoms with van der Waals surface area (Å²) in [5, 5.41) is 6.31. The second-order valence-corrected chi connectivity index (χ2v) is 7.66. The van der Waals surface area contributed by atoms with Crippen LogP contribution in [0.15, 0.2) is 48.5 Å². The lowest BCUT2D eigenvalue weighted by molar-refractivity contribution is -0.124. The van der Waals surface area contributed by atoms with Crippen molar-refractivity contribution in [2.24, 2.45) is 11.8 Å². The first kappa shape index (κ1) is 17.6. The Morgan fingerprint density at radius 2 is 1.93 bits per heavy atom. The molecule has 2 aliphatic rings. The van der Waals surface area contributed by atoms with Crippen molar-refractivity contribution in [1.29, 1.82) is 0 Å². The summed E-state index contributed by atoms with van der Waals surface area (Å²) in [7, 11) is 0. The van der Waals surface area contributed by atoms with E-state index in [-0.39, 0.29) is 11.8 Å². The standard InChI is InChI=1S/C22H25N3O2/c1-15-5-7-16(8-6-15)11-23-20-4-2-3-17(9-20)22(27)25-13-18-10-21(26)24-12-19(18)14-25/h2-9,18-19,23H,10-14H2,1H3,(H,24,26)/t18-,19+/m1/s1. The second-order valence-electron chi connectivity index (χ2n) is 7.66. The van der Waals surface area contributed by atoms with Gasteiger partial charge in [0.2, 0.25) is 5.91 Å². The molecule has 2 saturated heterocycles. The maximum atomic E-state index is 12.9. The summed E-state index contributed by atoms with van der Waals surface area (Å²) in [5.41, 5.74) is 4.09. The summed E-state index contributed by atoms with van der Waals surface area (Å²) in [5.74, 6) is 0.837. The van der Waals surface area contributed by atoms with Crippen LogP contribution in [0.5, 0.6) is 0 Å². The van der Waals surface area contributed by atoms with Crippen LogP contribution in [0.4, 0.5) is 5.69 Å². The van der Waals surface area contributed by atoms with Crippen LogP contribution >= 0.6 is 0 Å². The highest BCUT2D eigenvalue weighted by atomic mass is 16.2. The van der Waals surface area contributed by atoms with E-state index in [1.165, 1.54) is 11.1 Å². The maximum Gasteiger partial charge on any atom is 0.253 e. The van der Waals surface area contributed by atoms with Crippen molar-refractivity contribution in [3.8, 4) is 0 Å². The van der Waals surface area contributed by atoms with E-state index in [9.17, 15) is 9.59 Å². The Morgan fingerprint density at radius 3 is 2.74 bits per heavy atom. The van der Waals surface area contributed by atoms with Gasteiger partial charge in [0, 0.05) is 43.9 Å². The first-order valence-electron chi connectivity index (χ1n) is 9.54. The molecule has 0 aromatic heterocycles. The van der Waals surface area contributed by atoms with Crippen molar-refractivity contribution in [2.45, 2.75) is 19.9 Å². The number of nitrogens with one attached hydrogen (secondary N) is 2. The lowest BCUT2D eigenvalue weighted by Gasteiger charge is -2.23. The monoisotopic (exact) mass is 363 g/mol. The zero-order valence-corrected chi connectivity index (χ0v) is 15.6. The number of rotatable bonds is 4. The van der Waals surface area contributed by atoms with Crippen LogP contribution in [0.3, 0.4) is 0 Å². The van der Waals surface area contributed by atoms with E-state index < -0.39 is 0 Å². The lowest BCUT2D eigenvalue weighted by atomic mass is 9.89. The Bertz CT molecular complexity index is 847. The molecule has 2 aliphatic heterocycles. The van der Waals surface area contributed by atoms with Crippen molar-refractivity contribution >= 4 is 17.5 Å². The van der Waals surface area contributed by atoms with E-state index in [2.05, 4.69) is 41.8 Å². The molecule has 2 amide bonds. The smallest absolute Gasteiger partial charge is 0.253 e. The van der Waals surface area contributed by atoms with Gasteiger partial charge in [-0.3, -0.25) is 9.59 Å². The van der Waals surface area contributed by atoms with Crippen molar-refractivity contribution < 1.29 is 9.59 Å². The van der Waals surface area contributed by atoms with Gasteiger partial charge in [-0.15, -0.1) is 0 Å². The molecule has 2 aromatic rings. The predicted molar refractivity (Wildman–Crippen MR) is 105 cm³/mol. The number of aryl methyl sites for hydroxylation is 1. The van der Waals surface area contributed by atoms with E-state index in [1.54, 1.807) is 0 Å². The van der Waals surface area contributed by atoms with Crippen molar-refractivity contribution in [1.82, 2.24) is 10.2 Å². The number of likely N-dealkylation sites (tertiary alicyclic amines) is 1. The molecule has 4 rings (SSSR count). The molecule has 2 N–H and O–H groups in total. The first-order chi connectivity index (χ1) is 13.1. The van der Waals surface area contributed by atoms with Crippen molar-refractivity contribution in [3.63, 3.8) is 0 Å². The quantitative estimate of drug-likeness (QED) is 0.878. The molecule has 0 radical (unpaired) electrons. The number of anilines is 1. The summed E-state index contributed by atoms with van der Waals surface area (Å²) >= 11 is 0. The minimum Gasteiger partial charge on any atom is -0.381 e. The molecule has 27 heavy (non-hydrogen) atoms. The van der Waals surface area contributed by atoms with Gasteiger partial charge in [0.25, 0.3) is 5.91 Å². The molecule has 0 spiro atoms. The Kier molecular flexibility index (Phi) is 4.84. The SMILES string of the molecule is Cc1ccc(CNc2cccc(C(=O)N3C[C@H]4CC(=O)NC[C@H]4C3)c2)cc1. The van der Waals surface area contributed by atoms with Gasteiger partial charge in [-0.2, -0.15) is 0 Å². The van der Waals surface area contributed by atoms with E-state index in [4.69, 9.17) is 0 Å². The third kappa shape index (κ3) is 3.97. The number of hydrogen-bond donors (Lipinski definition) is 2. The van der Waals surface area contributed by atoms with Gasteiger partial charge in [-0.25, -0.2) is 0 Å². The van der Waals surface area contributed by atoms with E-state index in [0.717, 1.165) is 18.8 Å². The summed E-state index contributed by atoms with van der Waals surface area (Å²) < 4.78 is 0. The predicted octanol–water partition coefficient (Wildman–Crippen LogP) is 2.82. The zero-order valence-electron chi connectivity index (χ0n) is 15.6. The summed E-state index contributed by atoms with van der Waals surface area (Å²) in [6.45, 7) is 4.89. The van der Waals surface area contributed by atoms with E-state index in [0.29, 0.717) is 36.9 Å². The molecule has 140 valence electrons. The highest BCUT2D eigenvalue weighted by Gasteiger charge is 2.39. The van der Waals surface area contributed by atoms with Crippen LogP contribution in [-0.2, 0) is 11.3 Å². The number of hydrogen-bond acceptors (Lipinski definition) is 3. The third-order valence-corrected chi connectivity index (χ3v) is 5.60. The van der Waals surface area contributed by atoms with E-state index in [1.807, 2.05) is 29.2 Å². The molecular weight excluding hydrogens is 338 g/mol. The fraction of sp³-hybridized carbons (Fsp3) is 0.364. The van der Waals surface area contributed by atoms with Gasteiger partial charge in [0.1, 0.15) is 0 Å². The van der Waals surface area contributed by atoms with Crippen LogP contribution < -0.4 is 10.6 Å². The molecular formula is C22H25N3O2. The molecule has 0 unspecified atom stereocenters.